The van der Waals surface area contributed by atoms with Crippen molar-refractivity contribution >= 4 is 17.2 Å². The third-order valence-corrected chi connectivity index (χ3v) is 5.09. The van der Waals surface area contributed by atoms with Crippen molar-refractivity contribution in [3.63, 3.8) is 0 Å². The van der Waals surface area contributed by atoms with E-state index in [-0.39, 0.29) is 11.8 Å². The molecule has 3 aromatic rings. The Labute approximate surface area is 144 Å². The Morgan fingerprint density at radius 2 is 2.12 bits per heavy atom. The predicted octanol–water partition coefficient (Wildman–Crippen LogP) is 3.20. The molecule has 1 atom stereocenters. The van der Waals surface area contributed by atoms with Crippen molar-refractivity contribution < 1.29 is 4.79 Å². The average molecular weight is 338 g/mol. The van der Waals surface area contributed by atoms with E-state index in [2.05, 4.69) is 25.5 Å². The van der Waals surface area contributed by atoms with Crippen LogP contribution in [0.15, 0.2) is 47.2 Å². The molecule has 0 radical (unpaired) electrons. The van der Waals surface area contributed by atoms with E-state index < -0.39 is 0 Å². The van der Waals surface area contributed by atoms with Gasteiger partial charge in [-0.3, -0.25) is 4.79 Å². The lowest BCUT2D eigenvalue weighted by Crippen LogP contribution is -2.32. The second-order valence-electron chi connectivity index (χ2n) is 5.94. The third-order valence-electron chi connectivity index (χ3n) is 4.36. The van der Waals surface area contributed by atoms with Gasteiger partial charge in [-0.05, 0) is 35.2 Å². The smallest absolute Gasteiger partial charge is 0.231 e. The second kappa shape index (κ2) is 6.57. The molecule has 5 nitrogen and oxygen atoms in total. The summed E-state index contributed by atoms with van der Waals surface area (Å²) >= 11 is 1.64. The van der Waals surface area contributed by atoms with Crippen LogP contribution in [0.5, 0.6) is 0 Å². The van der Waals surface area contributed by atoms with Crippen LogP contribution in [-0.4, -0.2) is 20.7 Å². The SMILES string of the molecule is O=C(NCc1ccsc1)C1CCCn2c(-c3ccccc3)nnc21. The summed E-state index contributed by atoms with van der Waals surface area (Å²) in [6.45, 7) is 1.43. The number of nitrogens with zero attached hydrogens (tertiary/aromatic N) is 3. The molecule has 1 aromatic carbocycles. The van der Waals surface area contributed by atoms with Crippen LogP contribution < -0.4 is 5.32 Å². The minimum atomic E-state index is -0.220. The van der Waals surface area contributed by atoms with Crippen LogP contribution in [0, 0.1) is 0 Å². The molecule has 122 valence electrons. The lowest BCUT2D eigenvalue weighted by atomic mass is 9.97. The summed E-state index contributed by atoms with van der Waals surface area (Å²) in [5.74, 6) is 1.44. The Kier molecular flexibility index (Phi) is 4.13. The van der Waals surface area contributed by atoms with Gasteiger partial charge in [-0.15, -0.1) is 10.2 Å². The van der Waals surface area contributed by atoms with Crippen molar-refractivity contribution in [1.82, 2.24) is 20.1 Å². The van der Waals surface area contributed by atoms with Gasteiger partial charge in [0.1, 0.15) is 5.82 Å². The molecule has 0 fully saturated rings. The highest BCUT2D eigenvalue weighted by Gasteiger charge is 2.30. The van der Waals surface area contributed by atoms with Gasteiger partial charge in [-0.1, -0.05) is 30.3 Å². The van der Waals surface area contributed by atoms with Crippen LogP contribution in [0.25, 0.3) is 11.4 Å². The predicted molar refractivity (Wildman–Crippen MR) is 93.6 cm³/mol. The number of thiophene rings is 1. The molecular formula is C18H18N4OS. The minimum absolute atomic E-state index is 0.0363. The number of hydrogen-bond donors (Lipinski definition) is 1. The molecule has 0 bridgehead atoms. The zero-order chi connectivity index (χ0) is 16.4. The lowest BCUT2D eigenvalue weighted by molar-refractivity contribution is -0.123. The fourth-order valence-corrected chi connectivity index (χ4v) is 3.80. The number of aromatic nitrogens is 3. The molecule has 4 rings (SSSR count). The first-order chi connectivity index (χ1) is 11.8. The summed E-state index contributed by atoms with van der Waals surface area (Å²) in [5.41, 5.74) is 2.17. The van der Waals surface area contributed by atoms with Crippen LogP contribution in [0.3, 0.4) is 0 Å². The molecule has 0 aliphatic carbocycles. The van der Waals surface area contributed by atoms with Gasteiger partial charge in [0.2, 0.25) is 5.91 Å². The summed E-state index contributed by atoms with van der Waals surface area (Å²) in [6.07, 6.45) is 1.78. The molecule has 0 saturated carbocycles. The first kappa shape index (κ1) is 15.1. The number of amides is 1. The van der Waals surface area contributed by atoms with Gasteiger partial charge in [0.25, 0.3) is 0 Å². The van der Waals surface area contributed by atoms with Gasteiger partial charge in [0, 0.05) is 18.7 Å². The second-order valence-corrected chi connectivity index (χ2v) is 6.72. The molecule has 0 saturated heterocycles. The first-order valence-electron chi connectivity index (χ1n) is 8.10. The Morgan fingerprint density at radius 3 is 2.92 bits per heavy atom. The van der Waals surface area contributed by atoms with Crippen LogP contribution >= 0.6 is 11.3 Å². The highest BCUT2D eigenvalue weighted by atomic mass is 32.1. The molecule has 2 aromatic heterocycles. The summed E-state index contributed by atoms with van der Waals surface area (Å²) in [5, 5.41) is 15.8. The molecule has 1 N–H and O–H groups in total. The van der Waals surface area contributed by atoms with Gasteiger partial charge in [0.05, 0.1) is 5.92 Å². The van der Waals surface area contributed by atoms with Gasteiger partial charge in [-0.2, -0.15) is 11.3 Å². The van der Waals surface area contributed by atoms with E-state index in [9.17, 15) is 4.79 Å². The van der Waals surface area contributed by atoms with E-state index in [1.807, 2.05) is 41.8 Å². The maximum absolute atomic E-state index is 12.6. The van der Waals surface area contributed by atoms with Crippen molar-refractivity contribution in [3.05, 3.63) is 58.5 Å². The van der Waals surface area contributed by atoms with E-state index in [1.165, 1.54) is 0 Å². The van der Waals surface area contributed by atoms with Crippen molar-refractivity contribution in [2.75, 3.05) is 0 Å². The Hall–Kier alpha value is -2.47. The quantitative estimate of drug-likeness (QED) is 0.795. The Morgan fingerprint density at radius 1 is 1.25 bits per heavy atom. The monoisotopic (exact) mass is 338 g/mol. The molecule has 0 spiro atoms. The number of hydrogen-bond acceptors (Lipinski definition) is 4. The first-order valence-corrected chi connectivity index (χ1v) is 9.04. The van der Waals surface area contributed by atoms with Gasteiger partial charge in [0.15, 0.2) is 5.82 Å². The highest BCUT2D eigenvalue weighted by molar-refractivity contribution is 7.07. The molecule has 6 heteroatoms. The molecule has 24 heavy (non-hydrogen) atoms. The molecule has 3 heterocycles. The zero-order valence-electron chi connectivity index (χ0n) is 13.2. The topological polar surface area (TPSA) is 59.8 Å². The van der Waals surface area contributed by atoms with Gasteiger partial charge >= 0.3 is 0 Å². The van der Waals surface area contributed by atoms with Crippen molar-refractivity contribution in [2.45, 2.75) is 31.8 Å². The number of nitrogens with one attached hydrogen (secondary N) is 1. The van der Waals surface area contributed by atoms with E-state index >= 15 is 0 Å². The number of fused-ring (bicyclic) bond motifs is 1. The number of carbonyl (C=O) groups excluding carboxylic acids is 1. The number of benzene rings is 1. The normalized spacial score (nSPS) is 16.6. The fourth-order valence-electron chi connectivity index (χ4n) is 3.13. The standard InChI is InChI=1S/C18H18N4OS/c23-18(19-11-13-8-10-24-12-13)15-7-4-9-22-16(20-21-17(15)22)14-5-2-1-3-6-14/h1-3,5-6,8,10,12,15H,4,7,9,11H2,(H,19,23). The van der Waals surface area contributed by atoms with E-state index in [1.54, 1.807) is 11.3 Å². The molecule has 1 amide bonds. The van der Waals surface area contributed by atoms with Crippen molar-refractivity contribution in [1.29, 1.82) is 0 Å². The summed E-state index contributed by atoms with van der Waals surface area (Å²) in [4.78, 5) is 12.6. The number of rotatable bonds is 4. The molecule has 1 aliphatic heterocycles. The average Bonchev–Trinajstić information content (AvgIpc) is 3.29. The van der Waals surface area contributed by atoms with Crippen LogP contribution in [0.4, 0.5) is 0 Å². The molecule has 1 unspecified atom stereocenters. The zero-order valence-corrected chi connectivity index (χ0v) is 14.0. The highest BCUT2D eigenvalue weighted by Crippen LogP contribution is 2.30. The van der Waals surface area contributed by atoms with Crippen molar-refractivity contribution in [2.24, 2.45) is 0 Å². The summed E-state index contributed by atoms with van der Waals surface area (Å²) in [7, 11) is 0. The minimum Gasteiger partial charge on any atom is -0.351 e. The lowest BCUT2D eigenvalue weighted by Gasteiger charge is -2.23. The van der Waals surface area contributed by atoms with Gasteiger partial charge in [-0.25, -0.2) is 0 Å². The largest absolute Gasteiger partial charge is 0.351 e. The van der Waals surface area contributed by atoms with Crippen LogP contribution in [-0.2, 0) is 17.9 Å². The third kappa shape index (κ3) is 2.85. The molecular weight excluding hydrogens is 320 g/mol. The molecule has 1 aliphatic rings. The van der Waals surface area contributed by atoms with Crippen LogP contribution in [0.1, 0.15) is 30.1 Å². The maximum atomic E-state index is 12.6. The maximum Gasteiger partial charge on any atom is 0.231 e. The van der Waals surface area contributed by atoms with E-state index in [0.717, 1.165) is 42.2 Å². The summed E-state index contributed by atoms with van der Waals surface area (Å²) < 4.78 is 2.09. The van der Waals surface area contributed by atoms with Gasteiger partial charge < -0.3 is 9.88 Å². The van der Waals surface area contributed by atoms with Crippen LogP contribution in [0.2, 0.25) is 0 Å². The summed E-state index contributed by atoms with van der Waals surface area (Å²) in [6, 6.07) is 12.0. The Bertz CT molecular complexity index is 826. The Balaban J connectivity index is 1.56. The van der Waals surface area contributed by atoms with E-state index in [4.69, 9.17) is 0 Å². The number of carbonyl (C=O) groups is 1. The van der Waals surface area contributed by atoms with E-state index in [0.29, 0.717) is 6.54 Å². The van der Waals surface area contributed by atoms with Crippen molar-refractivity contribution in [3.8, 4) is 11.4 Å². The fraction of sp³-hybridized carbons (Fsp3) is 0.278.